The van der Waals surface area contributed by atoms with Gasteiger partial charge >= 0.3 is 0 Å². The van der Waals surface area contributed by atoms with E-state index in [-0.39, 0.29) is 11.9 Å². The van der Waals surface area contributed by atoms with Gasteiger partial charge in [-0.25, -0.2) is 4.39 Å². The molecule has 0 aliphatic rings. The summed E-state index contributed by atoms with van der Waals surface area (Å²) < 4.78 is 18.6. The minimum absolute atomic E-state index is 0.0665. The standard InChI is InChI=1S/C12H18FNO/c1-9(2)12(8-14-3)15-11-6-4-5-10(13)7-11/h4-7,9,12,14H,8H2,1-3H3. The van der Waals surface area contributed by atoms with Gasteiger partial charge in [-0.05, 0) is 25.1 Å². The van der Waals surface area contributed by atoms with Crippen molar-refractivity contribution in [3.05, 3.63) is 30.1 Å². The number of nitrogens with one attached hydrogen (secondary N) is 1. The lowest BCUT2D eigenvalue weighted by Gasteiger charge is -2.22. The molecule has 0 aliphatic heterocycles. The largest absolute Gasteiger partial charge is 0.489 e. The minimum Gasteiger partial charge on any atom is -0.489 e. The first-order chi connectivity index (χ1) is 7.13. The fourth-order valence-corrected chi connectivity index (χ4v) is 1.33. The molecule has 1 aromatic carbocycles. The molecular weight excluding hydrogens is 193 g/mol. The van der Waals surface area contributed by atoms with E-state index in [4.69, 9.17) is 4.74 Å². The Labute approximate surface area is 90.4 Å². The van der Waals surface area contributed by atoms with Crippen molar-refractivity contribution in [2.75, 3.05) is 13.6 Å². The Bertz CT molecular complexity index is 301. The summed E-state index contributed by atoms with van der Waals surface area (Å²) in [7, 11) is 1.88. The Balaban J connectivity index is 2.65. The van der Waals surface area contributed by atoms with Crippen molar-refractivity contribution in [2.45, 2.75) is 20.0 Å². The van der Waals surface area contributed by atoms with Crippen molar-refractivity contribution < 1.29 is 9.13 Å². The molecule has 1 atom stereocenters. The van der Waals surface area contributed by atoms with Crippen LogP contribution in [0.25, 0.3) is 0 Å². The zero-order valence-electron chi connectivity index (χ0n) is 9.46. The maximum absolute atomic E-state index is 12.9. The molecule has 0 radical (unpaired) electrons. The first kappa shape index (κ1) is 12.0. The molecule has 1 aromatic rings. The lowest BCUT2D eigenvalue weighted by Crippen LogP contribution is -2.33. The van der Waals surface area contributed by atoms with Crippen molar-refractivity contribution in [2.24, 2.45) is 5.92 Å². The molecule has 1 N–H and O–H groups in total. The molecule has 0 saturated heterocycles. The quantitative estimate of drug-likeness (QED) is 0.807. The highest BCUT2D eigenvalue weighted by Crippen LogP contribution is 2.16. The molecule has 0 heterocycles. The SMILES string of the molecule is CNCC(Oc1cccc(F)c1)C(C)C. The minimum atomic E-state index is -0.264. The van der Waals surface area contributed by atoms with Gasteiger partial charge in [0.2, 0.25) is 0 Å². The molecule has 0 amide bonds. The second-order valence-corrected chi connectivity index (χ2v) is 3.92. The second-order valence-electron chi connectivity index (χ2n) is 3.92. The third kappa shape index (κ3) is 3.88. The molecule has 0 aliphatic carbocycles. The summed E-state index contributed by atoms with van der Waals surface area (Å²) in [4.78, 5) is 0. The highest BCUT2D eigenvalue weighted by atomic mass is 19.1. The molecule has 84 valence electrons. The molecule has 2 nitrogen and oxygen atoms in total. The van der Waals surface area contributed by atoms with Crippen LogP contribution < -0.4 is 10.1 Å². The second kappa shape index (κ2) is 5.71. The van der Waals surface area contributed by atoms with Crippen LogP contribution in [0.15, 0.2) is 24.3 Å². The molecule has 0 aromatic heterocycles. The van der Waals surface area contributed by atoms with Crippen LogP contribution in [-0.2, 0) is 0 Å². The van der Waals surface area contributed by atoms with Gasteiger partial charge < -0.3 is 10.1 Å². The monoisotopic (exact) mass is 211 g/mol. The van der Waals surface area contributed by atoms with Crippen molar-refractivity contribution >= 4 is 0 Å². The van der Waals surface area contributed by atoms with Crippen molar-refractivity contribution in [3.8, 4) is 5.75 Å². The van der Waals surface area contributed by atoms with E-state index in [1.54, 1.807) is 12.1 Å². The molecule has 1 unspecified atom stereocenters. The third-order valence-electron chi connectivity index (χ3n) is 2.23. The average Bonchev–Trinajstić information content (AvgIpc) is 2.17. The molecule has 0 spiro atoms. The van der Waals surface area contributed by atoms with Crippen LogP contribution in [0.1, 0.15) is 13.8 Å². The van der Waals surface area contributed by atoms with E-state index in [0.29, 0.717) is 11.7 Å². The highest BCUT2D eigenvalue weighted by molar-refractivity contribution is 5.22. The topological polar surface area (TPSA) is 21.3 Å². The first-order valence-electron chi connectivity index (χ1n) is 5.20. The lowest BCUT2D eigenvalue weighted by molar-refractivity contribution is 0.151. The van der Waals surface area contributed by atoms with Gasteiger partial charge in [0.1, 0.15) is 17.7 Å². The average molecular weight is 211 g/mol. The Kier molecular flexibility index (Phi) is 4.56. The summed E-state index contributed by atoms with van der Waals surface area (Å²) in [6.45, 7) is 4.93. The van der Waals surface area contributed by atoms with E-state index in [9.17, 15) is 4.39 Å². The van der Waals surface area contributed by atoms with E-state index < -0.39 is 0 Å². The van der Waals surface area contributed by atoms with Crippen LogP contribution in [0.2, 0.25) is 0 Å². The van der Waals surface area contributed by atoms with Gasteiger partial charge in [0, 0.05) is 12.6 Å². The van der Waals surface area contributed by atoms with Gasteiger partial charge in [0.05, 0.1) is 0 Å². The van der Waals surface area contributed by atoms with E-state index in [0.717, 1.165) is 6.54 Å². The normalized spacial score (nSPS) is 12.9. The summed E-state index contributed by atoms with van der Waals surface area (Å²) in [5.41, 5.74) is 0. The Hall–Kier alpha value is -1.09. The summed E-state index contributed by atoms with van der Waals surface area (Å²) in [6.07, 6.45) is 0.0665. The fourth-order valence-electron chi connectivity index (χ4n) is 1.33. The van der Waals surface area contributed by atoms with Crippen molar-refractivity contribution in [1.82, 2.24) is 5.32 Å². The van der Waals surface area contributed by atoms with Gasteiger partial charge in [0.15, 0.2) is 0 Å². The molecular formula is C12H18FNO. The van der Waals surface area contributed by atoms with Crippen molar-refractivity contribution in [1.29, 1.82) is 0 Å². The zero-order chi connectivity index (χ0) is 11.3. The van der Waals surface area contributed by atoms with Crippen LogP contribution in [0.5, 0.6) is 5.75 Å². The molecule has 0 bridgehead atoms. The predicted molar refractivity (Wildman–Crippen MR) is 59.6 cm³/mol. The van der Waals surface area contributed by atoms with E-state index >= 15 is 0 Å². The summed E-state index contributed by atoms with van der Waals surface area (Å²) in [5.74, 6) is 0.712. The predicted octanol–water partition coefficient (Wildman–Crippen LogP) is 2.45. The smallest absolute Gasteiger partial charge is 0.126 e. The van der Waals surface area contributed by atoms with E-state index in [1.807, 2.05) is 7.05 Å². The van der Waals surface area contributed by atoms with Crippen LogP contribution in [0, 0.1) is 11.7 Å². The van der Waals surface area contributed by atoms with Gasteiger partial charge in [-0.1, -0.05) is 19.9 Å². The van der Waals surface area contributed by atoms with E-state index in [2.05, 4.69) is 19.2 Å². The van der Waals surface area contributed by atoms with Gasteiger partial charge in [0.25, 0.3) is 0 Å². The van der Waals surface area contributed by atoms with Crippen LogP contribution >= 0.6 is 0 Å². The number of hydrogen-bond acceptors (Lipinski definition) is 2. The molecule has 3 heteroatoms. The Morgan fingerprint density at radius 3 is 2.67 bits per heavy atom. The number of rotatable bonds is 5. The molecule has 1 rings (SSSR count). The lowest BCUT2D eigenvalue weighted by atomic mass is 10.1. The number of benzene rings is 1. The molecule has 15 heavy (non-hydrogen) atoms. The number of ether oxygens (including phenoxy) is 1. The summed E-state index contributed by atoms with van der Waals surface area (Å²) in [5, 5.41) is 3.07. The molecule has 0 saturated carbocycles. The molecule has 0 fully saturated rings. The van der Waals surface area contributed by atoms with Gasteiger partial charge in [-0.15, -0.1) is 0 Å². The Morgan fingerprint density at radius 1 is 1.40 bits per heavy atom. The third-order valence-corrected chi connectivity index (χ3v) is 2.23. The maximum atomic E-state index is 12.9. The fraction of sp³-hybridized carbons (Fsp3) is 0.500. The highest BCUT2D eigenvalue weighted by Gasteiger charge is 2.14. The van der Waals surface area contributed by atoms with Crippen LogP contribution in [0.3, 0.4) is 0 Å². The summed E-state index contributed by atoms with van der Waals surface area (Å²) in [6, 6.07) is 6.25. The number of halogens is 1. The van der Waals surface area contributed by atoms with Crippen LogP contribution in [0.4, 0.5) is 4.39 Å². The Morgan fingerprint density at radius 2 is 2.13 bits per heavy atom. The zero-order valence-corrected chi connectivity index (χ0v) is 9.46. The van der Waals surface area contributed by atoms with Gasteiger partial charge in [-0.3, -0.25) is 0 Å². The van der Waals surface area contributed by atoms with Crippen LogP contribution in [-0.4, -0.2) is 19.7 Å². The first-order valence-corrected chi connectivity index (χ1v) is 5.20. The number of likely N-dealkylation sites (N-methyl/N-ethyl adjacent to an activating group) is 1. The van der Waals surface area contributed by atoms with Crippen molar-refractivity contribution in [3.63, 3.8) is 0 Å². The maximum Gasteiger partial charge on any atom is 0.126 e. The van der Waals surface area contributed by atoms with E-state index in [1.165, 1.54) is 12.1 Å². The van der Waals surface area contributed by atoms with Gasteiger partial charge in [-0.2, -0.15) is 0 Å². The summed E-state index contributed by atoms with van der Waals surface area (Å²) >= 11 is 0. The number of hydrogen-bond donors (Lipinski definition) is 1.